The molecule has 0 aromatic heterocycles. The number of amides is 1. The summed E-state index contributed by atoms with van der Waals surface area (Å²) < 4.78 is 5.83. The second-order valence-corrected chi connectivity index (χ2v) is 8.93. The molecule has 4 nitrogen and oxygen atoms in total. The Balaban J connectivity index is 1.17. The average molecular weight is 375 g/mol. The van der Waals surface area contributed by atoms with E-state index in [-0.39, 0.29) is 18.1 Å². The zero-order chi connectivity index (χ0) is 18.8. The standard InChI is InChI=1S/C24H25NO3/c26-23-18-9-10-19(23)21-12-25(11-20(18)21)24(27)28-13-22-16-7-3-1-5-14(16)15-6-2-4-8-17(15)22/h1-8,18-23,26H,9-13H2. The van der Waals surface area contributed by atoms with Crippen molar-refractivity contribution in [2.75, 3.05) is 19.7 Å². The van der Waals surface area contributed by atoms with Gasteiger partial charge in [0.05, 0.1) is 6.10 Å². The molecule has 2 aromatic rings. The van der Waals surface area contributed by atoms with Crippen LogP contribution in [0.3, 0.4) is 0 Å². The minimum absolute atomic E-state index is 0.108. The summed E-state index contributed by atoms with van der Waals surface area (Å²) in [5, 5.41) is 10.4. The lowest BCUT2D eigenvalue weighted by Crippen LogP contribution is -2.33. The summed E-state index contributed by atoms with van der Waals surface area (Å²) in [6, 6.07) is 16.8. The Morgan fingerprint density at radius 1 is 0.893 bits per heavy atom. The Kier molecular flexibility index (Phi) is 3.61. The minimum Gasteiger partial charge on any atom is -0.448 e. The molecule has 2 aromatic carbocycles. The number of aliphatic hydroxyl groups is 1. The van der Waals surface area contributed by atoms with Crippen LogP contribution in [0.5, 0.6) is 0 Å². The molecule has 6 rings (SSSR count). The van der Waals surface area contributed by atoms with E-state index in [1.54, 1.807) is 0 Å². The van der Waals surface area contributed by atoms with Crippen LogP contribution in [-0.4, -0.2) is 41.9 Å². The second kappa shape index (κ2) is 6.08. The number of rotatable bonds is 2. The third-order valence-electron chi connectivity index (χ3n) is 7.82. The Labute approximate surface area is 165 Å². The lowest BCUT2D eigenvalue weighted by Gasteiger charge is -2.21. The molecular weight excluding hydrogens is 350 g/mol. The summed E-state index contributed by atoms with van der Waals surface area (Å²) in [4.78, 5) is 14.7. The molecule has 1 heterocycles. The summed E-state index contributed by atoms with van der Waals surface area (Å²) in [6.45, 7) is 1.88. The van der Waals surface area contributed by atoms with Crippen molar-refractivity contribution in [3.8, 4) is 11.1 Å². The number of fused-ring (bicyclic) bond motifs is 8. The van der Waals surface area contributed by atoms with Crippen LogP contribution < -0.4 is 0 Å². The third kappa shape index (κ3) is 2.24. The van der Waals surface area contributed by atoms with E-state index in [4.69, 9.17) is 4.74 Å². The van der Waals surface area contributed by atoms with Crippen molar-refractivity contribution < 1.29 is 14.6 Å². The number of aliphatic hydroxyl groups excluding tert-OH is 1. The highest BCUT2D eigenvalue weighted by Crippen LogP contribution is 2.55. The maximum Gasteiger partial charge on any atom is 0.409 e. The molecule has 28 heavy (non-hydrogen) atoms. The second-order valence-electron chi connectivity index (χ2n) is 8.93. The SMILES string of the molecule is O=C(OCC1c2ccccc2-c2ccccc21)N1CC2C3CCC(C3O)C2C1. The molecule has 1 aliphatic heterocycles. The number of likely N-dealkylation sites (tertiary alicyclic amines) is 1. The molecule has 3 fully saturated rings. The first-order valence-electron chi connectivity index (χ1n) is 10.5. The lowest BCUT2D eigenvalue weighted by atomic mass is 9.82. The molecule has 0 radical (unpaired) electrons. The van der Waals surface area contributed by atoms with Crippen molar-refractivity contribution in [2.24, 2.45) is 23.7 Å². The maximum atomic E-state index is 12.8. The Morgan fingerprint density at radius 3 is 2.00 bits per heavy atom. The Hall–Kier alpha value is -2.33. The van der Waals surface area contributed by atoms with Crippen LogP contribution in [0.2, 0.25) is 0 Å². The van der Waals surface area contributed by atoms with Gasteiger partial charge >= 0.3 is 6.09 Å². The van der Waals surface area contributed by atoms with Gasteiger partial charge < -0.3 is 14.7 Å². The van der Waals surface area contributed by atoms with Gasteiger partial charge in [-0.25, -0.2) is 4.79 Å². The largest absolute Gasteiger partial charge is 0.448 e. The van der Waals surface area contributed by atoms with Gasteiger partial charge in [0.1, 0.15) is 6.61 Å². The summed E-state index contributed by atoms with van der Waals surface area (Å²) >= 11 is 0. The van der Waals surface area contributed by atoms with Crippen LogP contribution in [0.25, 0.3) is 11.1 Å². The highest BCUT2D eigenvalue weighted by molar-refractivity contribution is 5.79. The molecule has 4 atom stereocenters. The molecule has 3 aliphatic carbocycles. The number of hydrogen-bond acceptors (Lipinski definition) is 3. The van der Waals surface area contributed by atoms with E-state index in [0.717, 1.165) is 25.9 Å². The summed E-state index contributed by atoms with van der Waals surface area (Å²) in [5.41, 5.74) is 4.99. The van der Waals surface area contributed by atoms with Gasteiger partial charge in [-0.1, -0.05) is 48.5 Å². The minimum atomic E-state index is -0.190. The first-order chi connectivity index (χ1) is 13.7. The van der Waals surface area contributed by atoms with E-state index in [1.165, 1.54) is 22.3 Å². The van der Waals surface area contributed by atoms with Crippen molar-refractivity contribution in [3.63, 3.8) is 0 Å². The normalized spacial score (nSPS) is 32.3. The Bertz CT molecular complexity index is 875. The number of carbonyl (C=O) groups is 1. The molecule has 4 unspecified atom stereocenters. The summed E-state index contributed by atoms with van der Waals surface area (Å²) in [7, 11) is 0. The van der Waals surface area contributed by atoms with Crippen molar-refractivity contribution >= 4 is 6.09 Å². The number of nitrogens with zero attached hydrogens (tertiary/aromatic N) is 1. The Morgan fingerprint density at radius 2 is 1.43 bits per heavy atom. The van der Waals surface area contributed by atoms with E-state index in [9.17, 15) is 9.90 Å². The molecule has 1 N–H and O–H groups in total. The van der Waals surface area contributed by atoms with Crippen LogP contribution in [0, 0.1) is 23.7 Å². The van der Waals surface area contributed by atoms with Crippen molar-refractivity contribution in [2.45, 2.75) is 24.9 Å². The van der Waals surface area contributed by atoms with Gasteiger partial charge in [0.2, 0.25) is 0 Å². The highest BCUT2D eigenvalue weighted by atomic mass is 16.6. The van der Waals surface area contributed by atoms with Crippen LogP contribution in [0.15, 0.2) is 48.5 Å². The van der Waals surface area contributed by atoms with E-state index in [1.807, 2.05) is 4.90 Å². The third-order valence-corrected chi connectivity index (χ3v) is 7.82. The van der Waals surface area contributed by atoms with Gasteiger partial charge in [-0.2, -0.15) is 0 Å². The van der Waals surface area contributed by atoms with Crippen LogP contribution >= 0.6 is 0 Å². The zero-order valence-corrected chi connectivity index (χ0v) is 15.8. The van der Waals surface area contributed by atoms with Crippen molar-refractivity contribution in [3.05, 3.63) is 59.7 Å². The smallest absolute Gasteiger partial charge is 0.409 e. The molecule has 1 saturated heterocycles. The van der Waals surface area contributed by atoms with Gasteiger partial charge in [0.15, 0.2) is 0 Å². The lowest BCUT2D eigenvalue weighted by molar-refractivity contribution is 0.0860. The summed E-state index contributed by atoms with van der Waals surface area (Å²) in [5.74, 6) is 1.82. The van der Waals surface area contributed by atoms with Gasteiger partial charge in [-0.15, -0.1) is 0 Å². The molecular formula is C24H25NO3. The van der Waals surface area contributed by atoms with Gasteiger partial charge in [0, 0.05) is 19.0 Å². The maximum absolute atomic E-state index is 12.8. The first-order valence-corrected chi connectivity index (χ1v) is 10.5. The molecule has 0 spiro atoms. The number of hydrogen-bond donors (Lipinski definition) is 1. The van der Waals surface area contributed by atoms with Crippen molar-refractivity contribution in [1.29, 1.82) is 0 Å². The molecule has 4 heteroatoms. The average Bonchev–Trinajstić information content (AvgIpc) is 3.45. The van der Waals surface area contributed by atoms with E-state index in [0.29, 0.717) is 30.3 Å². The van der Waals surface area contributed by atoms with E-state index < -0.39 is 0 Å². The number of carbonyl (C=O) groups excluding carboxylic acids is 1. The van der Waals surface area contributed by atoms with Crippen molar-refractivity contribution in [1.82, 2.24) is 4.90 Å². The zero-order valence-electron chi connectivity index (χ0n) is 15.8. The fourth-order valence-electron chi connectivity index (χ4n) is 6.57. The highest BCUT2D eigenvalue weighted by Gasteiger charge is 2.57. The molecule has 1 amide bonds. The summed E-state index contributed by atoms with van der Waals surface area (Å²) in [6.07, 6.45) is 1.90. The first kappa shape index (κ1) is 16.6. The van der Waals surface area contributed by atoms with E-state index >= 15 is 0 Å². The predicted molar refractivity (Wildman–Crippen MR) is 106 cm³/mol. The van der Waals surface area contributed by atoms with Crippen LogP contribution in [-0.2, 0) is 4.74 Å². The monoisotopic (exact) mass is 375 g/mol. The van der Waals surface area contributed by atoms with Gasteiger partial charge in [0.25, 0.3) is 0 Å². The van der Waals surface area contributed by atoms with Gasteiger partial charge in [-0.3, -0.25) is 0 Å². The topological polar surface area (TPSA) is 49.8 Å². The quantitative estimate of drug-likeness (QED) is 0.867. The predicted octanol–water partition coefficient (Wildman–Crippen LogP) is 3.88. The fraction of sp³-hybridized carbons (Fsp3) is 0.458. The number of benzene rings is 2. The van der Waals surface area contributed by atoms with Crippen LogP contribution in [0.1, 0.15) is 29.9 Å². The van der Waals surface area contributed by atoms with Crippen LogP contribution in [0.4, 0.5) is 4.79 Å². The number of ether oxygens (including phenoxy) is 1. The molecule has 4 aliphatic rings. The van der Waals surface area contributed by atoms with E-state index in [2.05, 4.69) is 48.5 Å². The fourth-order valence-corrected chi connectivity index (χ4v) is 6.57. The molecule has 2 saturated carbocycles. The molecule has 2 bridgehead atoms. The molecule has 144 valence electrons. The van der Waals surface area contributed by atoms with Gasteiger partial charge in [-0.05, 0) is 58.8 Å².